The zero-order chi connectivity index (χ0) is 22.9. The molecule has 4 N–H and O–H groups in total. The third kappa shape index (κ3) is 6.07. The maximum Gasteiger partial charge on any atom is 0.329 e. The zero-order valence-electron chi connectivity index (χ0n) is 17.8. The molecule has 0 unspecified atom stereocenters. The third-order valence-electron chi connectivity index (χ3n) is 5.15. The number of nitrogens with zero attached hydrogens (tertiary/aromatic N) is 1. The van der Waals surface area contributed by atoms with Gasteiger partial charge in [-0.25, -0.2) is 5.43 Å². The molecule has 0 bridgehead atoms. The fraction of sp³-hybridized carbons (Fsp3) is 0.304. The summed E-state index contributed by atoms with van der Waals surface area (Å²) in [6, 6.07) is 11.2. The predicted molar refractivity (Wildman–Crippen MR) is 120 cm³/mol. The van der Waals surface area contributed by atoms with E-state index in [1.807, 2.05) is 0 Å². The smallest absolute Gasteiger partial charge is 0.329 e. The number of anilines is 1. The average molecular weight is 438 g/mol. The molecule has 0 atom stereocenters. The number of methoxy groups -OCH3 is 1. The first-order valence-corrected chi connectivity index (χ1v) is 10.4. The van der Waals surface area contributed by atoms with Gasteiger partial charge in [0.2, 0.25) is 0 Å². The van der Waals surface area contributed by atoms with Crippen LogP contribution in [0, 0.1) is 0 Å². The van der Waals surface area contributed by atoms with Crippen LogP contribution in [0.2, 0.25) is 0 Å². The summed E-state index contributed by atoms with van der Waals surface area (Å²) < 4.78 is 5.00. The lowest BCUT2D eigenvalue weighted by molar-refractivity contribution is -0.136. The summed E-state index contributed by atoms with van der Waals surface area (Å²) in [5.74, 6) is -2.01. The molecule has 1 aliphatic carbocycles. The summed E-state index contributed by atoms with van der Waals surface area (Å²) in [6.45, 7) is 0. The summed E-state index contributed by atoms with van der Waals surface area (Å²) in [4.78, 5) is 37.1. The number of para-hydroxylation sites is 1. The first-order valence-electron chi connectivity index (χ1n) is 10.4. The van der Waals surface area contributed by atoms with Gasteiger partial charge in [-0.1, -0.05) is 31.4 Å². The molecular weight excluding hydrogens is 412 g/mol. The molecule has 0 heterocycles. The van der Waals surface area contributed by atoms with Gasteiger partial charge in [0.1, 0.15) is 0 Å². The van der Waals surface area contributed by atoms with Gasteiger partial charge in [0.15, 0.2) is 11.5 Å². The van der Waals surface area contributed by atoms with Crippen molar-refractivity contribution in [3.63, 3.8) is 0 Å². The molecular formula is C23H26N4O5. The van der Waals surface area contributed by atoms with Gasteiger partial charge in [-0.05, 0) is 48.7 Å². The van der Waals surface area contributed by atoms with Crippen molar-refractivity contribution in [2.75, 3.05) is 12.4 Å². The number of carbonyl (C=O) groups excluding carboxylic acids is 3. The van der Waals surface area contributed by atoms with Gasteiger partial charge < -0.3 is 20.5 Å². The number of ether oxygens (including phenoxy) is 1. The minimum absolute atomic E-state index is 0.0285. The van der Waals surface area contributed by atoms with E-state index < -0.39 is 11.8 Å². The van der Waals surface area contributed by atoms with Gasteiger partial charge in [-0.15, -0.1) is 0 Å². The molecule has 1 aliphatic rings. The number of benzene rings is 2. The highest BCUT2D eigenvalue weighted by molar-refractivity contribution is 6.40. The Labute approximate surface area is 185 Å². The SMILES string of the molecule is COc1cc(/C=N\NC(=O)C(=O)Nc2ccccc2C(=O)NC2CCCCC2)ccc1O. The number of carbonyl (C=O) groups is 3. The molecule has 0 saturated heterocycles. The number of phenols is 1. The van der Waals surface area contributed by atoms with Crippen molar-refractivity contribution in [3.05, 3.63) is 53.6 Å². The van der Waals surface area contributed by atoms with Gasteiger partial charge in [0.05, 0.1) is 24.6 Å². The molecule has 2 aromatic rings. The molecule has 9 nitrogen and oxygen atoms in total. The molecule has 0 spiro atoms. The van der Waals surface area contributed by atoms with Gasteiger partial charge >= 0.3 is 11.8 Å². The van der Waals surface area contributed by atoms with Gasteiger partial charge in [-0.3, -0.25) is 14.4 Å². The second-order valence-corrected chi connectivity index (χ2v) is 7.44. The van der Waals surface area contributed by atoms with Crippen LogP contribution >= 0.6 is 0 Å². The largest absolute Gasteiger partial charge is 0.504 e. The number of amides is 3. The summed E-state index contributed by atoms with van der Waals surface area (Å²) >= 11 is 0. The molecule has 0 radical (unpaired) electrons. The second kappa shape index (κ2) is 10.9. The predicted octanol–water partition coefficient (Wildman–Crippen LogP) is 2.55. The van der Waals surface area contributed by atoms with E-state index >= 15 is 0 Å². The quantitative estimate of drug-likeness (QED) is 0.313. The topological polar surface area (TPSA) is 129 Å². The maximum absolute atomic E-state index is 12.7. The molecule has 9 heteroatoms. The Hall–Kier alpha value is -3.88. The Morgan fingerprint density at radius 3 is 2.56 bits per heavy atom. The minimum Gasteiger partial charge on any atom is -0.504 e. The molecule has 1 saturated carbocycles. The van der Waals surface area contributed by atoms with Crippen molar-refractivity contribution in [2.24, 2.45) is 5.10 Å². The van der Waals surface area contributed by atoms with Crippen LogP contribution in [0.5, 0.6) is 11.5 Å². The first-order chi connectivity index (χ1) is 15.5. The normalized spacial score (nSPS) is 14.0. The first kappa shape index (κ1) is 22.8. The molecule has 2 aromatic carbocycles. The Morgan fingerprint density at radius 2 is 1.81 bits per heavy atom. The van der Waals surface area contributed by atoms with Crippen molar-refractivity contribution in [1.82, 2.24) is 10.7 Å². The van der Waals surface area contributed by atoms with Crippen LogP contribution in [-0.4, -0.2) is 42.2 Å². The van der Waals surface area contributed by atoms with E-state index in [4.69, 9.17) is 4.74 Å². The molecule has 168 valence electrons. The number of nitrogens with one attached hydrogen (secondary N) is 3. The zero-order valence-corrected chi connectivity index (χ0v) is 17.8. The second-order valence-electron chi connectivity index (χ2n) is 7.44. The van der Waals surface area contributed by atoms with Crippen molar-refractivity contribution in [1.29, 1.82) is 0 Å². The number of hydrogen-bond acceptors (Lipinski definition) is 6. The number of rotatable bonds is 6. The number of aromatic hydroxyl groups is 1. The Morgan fingerprint density at radius 1 is 1.06 bits per heavy atom. The van der Waals surface area contributed by atoms with Crippen LogP contribution in [0.15, 0.2) is 47.6 Å². The standard InChI is InChI=1S/C23H26N4O5/c1-32-20-13-15(11-12-19(20)28)14-24-27-23(31)22(30)26-18-10-6-5-9-17(18)21(29)25-16-7-3-2-4-8-16/h5-6,9-14,16,28H,2-4,7-8H2,1H3,(H,25,29)(H,26,30)(H,27,31)/b24-14-. The van der Waals surface area contributed by atoms with Crippen molar-refractivity contribution in [2.45, 2.75) is 38.1 Å². The van der Waals surface area contributed by atoms with Crippen LogP contribution in [0.1, 0.15) is 48.0 Å². The molecule has 32 heavy (non-hydrogen) atoms. The van der Waals surface area contributed by atoms with E-state index in [1.54, 1.807) is 30.3 Å². The van der Waals surface area contributed by atoms with E-state index in [9.17, 15) is 19.5 Å². The fourth-order valence-corrected chi connectivity index (χ4v) is 3.47. The van der Waals surface area contributed by atoms with Gasteiger partial charge in [0, 0.05) is 6.04 Å². The van der Waals surface area contributed by atoms with Crippen molar-refractivity contribution >= 4 is 29.6 Å². The molecule has 1 fully saturated rings. The molecule has 0 aliphatic heterocycles. The Kier molecular flexibility index (Phi) is 7.80. The van der Waals surface area contributed by atoms with E-state index in [0.717, 1.165) is 25.7 Å². The van der Waals surface area contributed by atoms with Crippen LogP contribution < -0.4 is 20.8 Å². The van der Waals surface area contributed by atoms with E-state index in [1.165, 1.54) is 31.9 Å². The third-order valence-corrected chi connectivity index (χ3v) is 5.15. The maximum atomic E-state index is 12.7. The highest BCUT2D eigenvalue weighted by Crippen LogP contribution is 2.25. The van der Waals surface area contributed by atoms with Gasteiger partial charge in [0.25, 0.3) is 5.91 Å². The fourth-order valence-electron chi connectivity index (χ4n) is 3.47. The van der Waals surface area contributed by atoms with Crippen LogP contribution in [0.25, 0.3) is 0 Å². The monoisotopic (exact) mass is 438 g/mol. The summed E-state index contributed by atoms with van der Waals surface area (Å²) in [7, 11) is 1.41. The minimum atomic E-state index is -0.991. The lowest BCUT2D eigenvalue weighted by atomic mass is 9.95. The van der Waals surface area contributed by atoms with Crippen LogP contribution in [-0.2, 0) is 9.59 Å². The highest BCUT2D eigenvalue weighted by atomic mass is 16.5. The van der Waals surface area contributed by atoms with Gasteiger partial charge in [-0.2, -0.15) is 5.10 Å². The summed E-state index contributed by atoms with van der Waals surface area (Å²) in [5.41, 5.74) is 3.21. The Bertz CT molecular complexity index is 1020. The lowest BCUT2D eigenvalue weighted by Gasteiger charge is -2.23. The Balaban J connectivity index is 1.59. The number of phenolic OH excluding ortho intramolecular Hbond substituents is 1. The number of hydrazone groups is 1. The molecule has 3 rings (SSSR count). The molecule has 0 aromatic heterocycles. The van der Waals surface area contributed by atoms with Crippen molar-refractivity contribution < 1.29 is 24.2 Å². The van der Waals surface area contributed by atoms with E-state index in [2.05, 4.69) is 21.2 Å². The summed E-state index contributed by atoms with van der Waals surface area (Å²) in [6.07, 6.45) is 6.53. The molecule has 3 amide bonds. The van der Waals surface area contributed by atoms with E-state index in [-0.39, 0.29) is 29.1 Å². The van der Waals surface area contributed by atoms with Crippen LogP contribution in [0.4, 0.5) is 5.69 Å². The van der Waals surface area contributed by atoms with Crippen molar-refractivity contribution in [3.8, 4) is 11.5 Å². The van der Waals surface area contributed by atoms with E-state index in [0.29, 0.717) is 11.1 Å². The van der Waals surface area contributed by atoms with Crippen LogP contribution in [0.3, 0.4) is 0 Å². The lowest BCUT2D eigenvalue weighted by Crippen LogP contribution is -2.37. The summed E-state index contributed by atoms with van der Waals surface area (Å²) in [5, 5.41) is 18.8. The highest BCUT2D eigenvalue weighted by Gasteiger charge is 2.20. The average Bonchev–Trinajstić information content (AvgIpc) is 2.81. The number of hydrogen-bond donors (Lipinski definition) is 4.